The summed E-state index contributed by atoms with van der Waals surface area (Å²) in [6.07, 6.45) is 2.73. The molecule has 2 fully saturated rings. The number of para-hydroxylation sites is 1. The molecule has 1 saturated carbocycles. The summed E-state index contributed by atoms with van der Waals surface area (Å²) < 4.78 is 0.885. The number of carbonyl (C=O) groups is 2. The monoisotopic (exact) mass is 364 g/mol. The molecule has 3 rings (SSSR count). The third-order valence-electron chi connectivity index (χ3n) is 4.88. The van der Waals surface area contributed by atoms with Gasteiger partial charge in [-0.25, -0.2) is 0 Å². The van der Waals surface area contributed by atoms with Gasteiger partial charge in [0.2, 0.25) is 11.8 Å². The minimum Gasteiger partial charge on any atom is -0.342 e. The molecule has 1 aromatic carbocycles. The fourth-order valence-electron chi connectivity index (χ4n) is 3.16. The van der Waals surface area contributed by atoms with Crippen LogP contribution in [0.15, 0.2) is 28.7 Å². The van der Waals surface area contributed by atoms with Gasteiger partial charge in [0.05, 0.1) is 11.6 Å². The first kappa shape index (κ1) is 15.5. The summed E-state index contributed by atoms with van der Waals surface area (Å²) in [5.41, 5.74) is 0.848. The number of rotatable bonds is 4. The van der Waals surface area contributed by atoms with Crippen LogP contribution in [0.5, 0.6) is 0 Å². The molecule has 0 radical (unpaired) electrons. The van der Waals surface area contributed by atoms with Crippen molar-refractivity contribution in [2.45, 2.75) is 32.2 Å². The van der Waals surface area contributed by atoms with E-state index >= 15 is 0 Å². The number of anilines is 1. The molecular weight excluding hydrogens is 344 g/mol. The molecule has 0 unspecified atom stereocenters. The van der Waals surface area contributed by atoms with Crippen LogP contribution in [0.4, 0.5) is 5.69 Å². The molecular formula is C17H21BrN2O2. The van der Waals surface area contributed by atoms with Crippen molar-refractivity contribution in [1.29, 1.82) is 0 Å². The van der Waals surface area contributed by atoms with Crippen molar-refractivity contribution in [3.63, 3.8) is 0 Å². The largest absolute Gasteiger partial charge is 0.342 e. The Hall–Kier alpha value is -1.36. The van der Waals surface area contributed by atoms with E-state index in [2.05, 4.69) is 22.9 Å². The smallest absolute Gasteiger partial charge is 0.228 e. The topological polar surface area (TPSA) is 40.6 Å². The van der Waals surface area contributed by atoms with E-state index in [-0.39, 0.29) is 23.8 Å². The number of nitrogens with zero attached hydrogens (tertiary/aromatic N) is 2. The summed E-state index contributed by atoms with van der Waals surface area (Å²) in [5, 5.41) is 0. The molecule has 22 heavy (non-hydrogen) atoms. The number of carbonyl (C=O) groups excluding carboxylic acids is 2. The lowest BCUT2D eigenvalue weighted by Crippen LogP contribution is -2.41. The van der Waals surface area contributed by atoms with Crippen LogP contribution in [0, 0.1) is 11.8 Å². The predicted octanol–water partition coefficient (Wildman–Crippen LogP) is 3.06. The zero-order valence-electron chi connectivity index (χ0n) is 13.0. The van der Waals surface area contributed by atoms with Gasteiger partial charge >= 0.3 is 0 Å². The van der Waals surface area contributed by atoms with Crippen molar-refractivity contribution in [3.05, 3.63) is 28.7 Å². The van der Waals surface area contributed by atoms with Gasteiger partial charge in [-0.1, -0.05) is 12.1 Å². The van der Waals surface area contributed by atoms with E-state index in [9.17, 15) is 9.59 Å². The van der Waals surface area contributed by atoms with Gasteiger partial charge in [0.1, 0.15) is 0 Å². The van der Waals surface area contributed by atoms with Crippen LogP contribution in [0.2, 0.25) is 0 Å². The molecule has 2 atom stereocenters. The fourth-order valence-corrected chi connectivity index (χ4v) is 3.66. The van der Waals surface area contributed by atoms with Gasteiger partial charge in [0.15, 0.2) is 0 Å². The normalized spacial score (nSPS) is 22.8. The maximum Gasteiger partial charge on any atom is 0.228 e. The maximum atomic E-state index is 12.7. The summed E-state index contributed by atoms with van der Waals surface area (Å²) in [6.45, 7) is 2.58. The first-order valence-electron chi connectivity index (χ1n) is 7.80. The molecule has 0 bridgehead atoms. The highest BCUT2D eigenvalue weighted by molar-refractivity contribution is 9.10. The lowest BCUT2D eigenvalue weighted by Gasteiger charge is -2.27. The van der Waals surface area contributed by atoms with Crippen molar-refractivity contribution < 1.29 is 9.59 Å². The number of hydrogen-bond donors (Lipinski definition) is 0. The summed E-state index contributed by atoms with van der Waals surface area (Å²) in [7, 11) is 1.87. The third-order valence-corrected chi connectivity index (χ3v) is 5.55. The quantitative estimate of drug-likeness (QED) is 0.823. The molecule has 1 heterocycles. The van der Waals surface area contributed by atoms with E-state index in [1.165, 1.54) is 12.8 Å². The summed E-state index contributed by atoms with van der Waals surface area (Å²) >= 11 is 3.48. The lowest BCUT2D eigenvalue weighted by atomic mass is 10.1. The van der Waals surface area contributed by atoms with Crippen LogP contribution in [0.25, 0.3) is 0 Å². The highest BCUT2D eigenvalue weighted by Crippen LogP contribution is 2.36. The SMILES string of the molecule is C[C@@H](C1CC1)N(C)C(=O)[C@@H]1CC(=O)N(c2ccccc2Br)C1. The van der Waals surface area contributed by atoms with Gasteiger partial charge in [-0.2, -0.15) is 0 Å². The minimum absolute atomic E-state index is 0.0257. The molecule has 1 aliphatic heterocycles. The van der Waals surface area contributed by atoms with Gasteiger partial charge in [-0.15, -0.1) is 0 Å². The van der Waals surface area contributed by atoms with E-state index in [1.807, 2.05) is 36.2 Å². The molecule has 1 saturated heterocycles. The Balaban J connectivity index is 1.71. The van der Waals surface area contributed by atoms with Gasteiger partial charge in [-0.05, 0) is 53.7 Å². The highest BCUT2D eigenvalue weighted by Gasteiger charge is 2.40. The Morgan fingerprint density at radius 3 is 2.68 bits per heavy atom. The zero-order valence-corrected chi connectivity index (χ0v) is 14.5. The van der Waals surface area contributed by atoms with E-state index in [4.69, 9.17) is 0 Å². The van der Waals surface area contributed by atoms with Crippen LogP contribution < -0.4 is 4.90 Å². The van der Waals surface area contributed by atoms with Crippen LogP contribution in [0.1, 0.15) is 26.2 Å². The molecule has 1 aliphatic carbocycles. The van der Waals surface area contributed by atoms with Crippen LogP contribution in [-0.4, -0.2) is 36.3 Å². The van der Waals surface area contributed by atoms with E-state index in [0.717, 1.165) is 10.2 Å². The van der Waals surface area contributed by atoms with Crippen LogP contribution >= 0.6 is 15.9 Å². The van der Waals surface area contributed by atoms with E-state index in [1.54, 1.807) is 4.90 Å². The Kier molecular flexibility index (Phi) is 4.26. The average Bonchev–Trinajstić information content (AvgIpc) is 3.29. The maximum absolute atomic E-state index is 12.7. The summed E-state index contributed by atoms with van der Waals surface area (Å²) in [5.74, 6) is 0.538. The molecule has 0 aromatic heterocycles. The zero-order chi connectivity index (χ0) is 15.9. The fraction of sp³-hybridized carbons (Fsp3) is 0.529. The Labute approximate surface area is 139 Å². The number of halogens is 1. The highest BCUT2D eigenvalue weighted by atomic mass is 79.9. The minimum atomic E-state index is -0.231. The number of hydrogen-bond acceptors (Lipinski definition) is 2. The van der Waals surface area contributed by atoms with Gasteiger partial charge in [0, 0.05) is 30.5 Å². The molecule has 2 amide bonds. The molecule has 0 spiro atoms. The lowest BCUT2D eigenvalue weighted by molar-refractivity contribution is -0.136. The second kappa shape index (κ2) is 6.03. The standard InChI is InChI=1S/C17H21BrN2O2/c1-11(12-7-8-12)19(2)17(22)13-9-16(21)20(10-13)15-6-4-3-5-14(15)18/h3-6,11-13H,7-10H2,1-2H3/t11-,13+/m0/s1. The predicted molar refractivity (Wildman–Crippen MR) is 89.6 cm³/mol. The van der Waals surface area contributed by atoms with Crippen molar-refractivity contribution in [2.24, 2.45) is 11.8 Å². The molecule has 1 aromatic rings. The Morgan fingerprint density at radius 2 is 2.05 bits per heavy atom. The second-order valence-corrected chi connectivity index (χ2v) is 7.24. The average molecular weight is 365 g/mol. The molecule has 118 valence electrons. The van der Waals surface area contributed by atoms with Gasteiger partial charge < -0.3 is 9.80 Å². The van der Waals surface area contributed by atoms with Crippen LogP contribution in [0.3, 0.4) is 0 Å². The number of amides is 2. The van der Waals surface area contributed by atoms with Crippen molar-refractivity contribution in [1.82, 2.24) is 4.90 Å². The number of benzene rings is 1. The molecule has 4 nitrogen and oxygen atoms in total. The summed E-state index contributed by atoms with van der Waals surface area (Å²) in [6, 6.07) is 7.93. The summed E-state index contributed by atoms with van der Waals surface area (Å²) in [4.78, 5) is 28.5. The molecule has 5 heteroatoms. The van der Waals surface area contributed by atoms with Crippen LogP contribution in [-0.2, 0) is 9.59 Å². The van der Waals surface area contributed by atoms with Crippen molar-refractivity contribution in [2.75, 3.05) is 18.5 Å². The molecule has 0 N–H and O–H groups in total. The first-order valence-corrected chi connectivity index (χ1v) is 8.60. The van der Waals surface area contributed by atoms with E-state index in [0.29, 0.717) is 18.9 Å². The van der Waals surface area contributed by atoms with Gasteiger partial charge in [-0.3, -0.25) is 9.59 Å². The van der Waals surface area contributed by atoms with E-state index < -0.39 is 0 Å². The molecule has 2 aliphatic rings. The second-order valence-electron chi connectivity index (χ2n) is 6.38. The third kappa shape index (κ3) is 2.91. The van der Waals surface area contributed by atoms with Crippen molar-refractivity contribution >= 4 is 33.4 Å². The Bertz CT molecular complexity index is 600. The van der Waals surface area contributed by atoms with Crippen molar-refractivity contribution in [3.8, 4) is 0 Å². The first-order chi connectivity index (χ1) is 10.5. The Morgan fingerprint density at radius 1 is 1.36 bits per heavy atom. The van der Waals surface area contributed by atoms with Gasteiger partial charge in [0.25, 0.3) is 0 Å².